The third kappa shape index (κ3) is 3.67. The first-order valence-corrected chi connectivity index (χ1v) is 7.02. The topological polar surface area (TPSA) is 93.4 Å². The van der Waals surface area contributed by atoms with Crippen molar-refractivity contribution in [2.75, 3.05) is 13.2 Å². The highest BCUT2D eigenvalue weighted by Gasteiger charge is 2.32. The normalized spacial score (nSPS) is 35.6. The summed E-state index contributed by atoms with van der Waals surface area (Å²) in [6, 6.07) is -0.252. The van der Waals surface area contributed by atoms with E-state index in [1.165, 1.54) is 0 Å². The second kappa shape index (κ2) is 6.34. The number of morpholine rings is 1. The number of amides is 2. The van der Waals surface area contributed by atoms with Crippen LogP contribution in [0.5, 0.6) is 0 Å². The molecule has 0 aromatic heterocycles. The maximum atomic E-state index is 12.2. The largest absolute Gasteiger partial charge is 0.375 e. The molecule has 0 aromatic carbocycles. The minimum atomic E-state index is -0.303. The Bertz CT molecular complexity index is 348. The van der Waals surface area contributed by atoms with Gasteiger partial charge in [0.05, 0.1) is 12.7 Å². The van der Waals surface area contributed by atoms with Gasteiger partial charge in [0, 0.05) is 18.5 Å². The molecule has 2 aliphatic rings. The third-order valence-electron chi connectivity index (χ3n) is 4.02. The number of rotatable bonds is 3. The molecular formula is C13H23N3O3. The lowest BCUT2D eigenvalue weighted by Crippen LogP contribution is -2.57. The lowest BCUT2D eigenvalue weighted by molar-refractivity contribution is -0.131. The van der Waals surface area contributed by atoms with Crippen LogP contribution in [0.25, 0.3) is 0 Å². The summed E-state index contributed by atoms with van der Waals surface area (Å²) < 4.78 is 5.46. The fraction of sp³-hybridized carbons (Fsp3) is 0.846. The highest BCUT2D eigenvalue weighted by molar-refractivity contribution is 5.83. The highest BCUT2D eigenvalue weighted by atomic mass is 16.5. The van der Waals surface area contributed by atoms with E-state index in [1.807, 2.05) is 6.92 Å². The molecule has 2 fully saturated rings. The van der Waals surface area contributed by atoms with E-state index in [4.69, 9.17) is 10.5 Å². The predicted octanol–water partition coefficient (Wildman–Crippen LogP) is -0.476. The molecule has 2 amide bonds. The van der Waals surface area contributed by atoms with Gasteiger partial charge in [0.25, 0.3) is 0 Å². The van der Waals surface area contributed by atoms with E-state index in [2.05, 4.69) is 10.6 Å². The molecule has 4 atom stereocenters. The molecule has 0 aromatic rings. The number of hydrogen-bond acceptors (Lipinski definition) is 4. The van der Waals surface area contributed by atoms with E-state index in [0.29, 0.717) is 19.6 Å². The molecule has 0 radical (unpaired) electrons. The summed E-state index contributed by atoms with van der Waals surface area (Å²) in [6.45, 7) is 3.22. The molecule has 2 unspecified atom stereocenters. The molecule has 6 nitrogen and oxygen atoms in total. The van der Waals surface area contributed by atoms with Crippen LogP contribution >= 0.6 is 0 Å². The number of nitrogens with two attached hydrogens (primary N) is 1. The van der Waals surface area contributed by atoms with Crippen LogP contribution in [0.3, 0.4) is 0 Å². The van der Waals surface area contributed by atoms with Crippen molar-refractivity contribution in [1.29, 1.82) is 0 Å². The molecule has 1 saturated heterocycles. The van der Waals surface area contributed by atoms with Crippen molar-refractivity contribution in [3.05, 3.63) is 0 Å². The summed E-state index contributed by atoms with van der Waals surface area (Å²) in [7, 11) is 0. The second-order valence-corrected chi connectivity index (χ2v) is 5.48. The Balaban J connectivity index is 1.86. The molecule has 0 bridgehead atoms. The van der Waals surface area contributed by atoms with Crippen LogP contribution in [-0.2, 0) is 14.3 Å². The lowest BCUT2D eigenvalue weighted by Gasteiger charge is -2.33. The van der Waals surface area contributed by atoms with Crippen LogP contribution in [0.1, 0.15) is 32.6 Å². The molecule has 2 rings (SSSR count). The van der Waals surface area contributed by atoms with Gasteiger partial charge in [-0.05, 0) is 26.2 Å². The van der Waals surface area contributed by atoms with Gasteiger partial charge in [0.15, 0.2) is 0 Å². The maximum Gasteiger partial charge on any atom is 0.240 e. The Hall–Kier alpha value is -1.14. The Morgan fingerprint density at radius 3 is 2.84 bits per heavy atom. The lowest BCUT2D eigenvalue weighted by atomic mass is 9.85. The van der Waals surface area contributed by atoms with Crippen LogP contribution in [-0.4, -0.2) is 43.2 Å². The zero-order valence-electron chi connectivity index (χ0n) is 11.4. The Morgan fingerprint density at radius 2 is 2.16 bits per heavy atom. The average molecular weight is 269 g/mol. The average Bonchev–Trinajstić information content (AvgIpc) is 2.39. The first-order chi connectivity index (χ1) is 9.08. The highest BCUT2D eigenvalue weighted by Crippen LogP contribution is 2.24. The summed E-state index contributed by atoms with van der Waals surface area (Å²) in [5.41, 5.74) is 5.34. The molecule has 19 heavy (non-hydrogen) atoms. The van der Waals surface area contributed by atoms with Gasteiger partial charge in [0.1, 0.15) is 6.04 Å². The third-order valence-corrected chi connectivity index (χ3v) is 4.02. The van der Waals surface area contributed by atoms with Gasteiger partial charge in [0.2, 0.25) is 11.8 Å². The number of hydrogen-bond donors (Lipinski definition) is 3. The zero-order valence-corrected chi connectivity index (χ0v) is 11.4. The van der Waals surface area contributed by atoms with Crippen molar-refractivity contribution >= 4 is 11.8 Å². The number of carbonyl (C=O) groups excluding carboxylic acids is 2. The molecule has 108 valence electrons. The van der Waals surface area contributed by atoms with Crippen molar-refractivity contribution in [2.45, 2.75) is 50.8 Å². The number of primary amides is 1. The van der Waals surface area contributed by atoms with E-state index in [-0.39, 0.29) is 35.9 Å². The second-order valence-electron chi connectivity index (χ2n) is 5.48. The summed E-state index contributed by atoms with van der Waals surface area (Å²) in [5, 5.41) is 6.18. The SMILES string of the molecule is C[C@H]1OCCN[C@@H]1C(=O)NC1CCCC(C(N)=O)C1. The summed E-state index contributed by atoms with van der Waals surface area (Å²) in [6.07, 6.45) is 3.22. The van der Waals surface area contributed by atoms with Gasteiger partial charge < -0.3 is 21.1 Å². The summed E-state index contributed by atoms with van der Waals surface area (Å²) in [4.78, 5) is 23.4. The van der Waals surface area contributed by atoms with Crippen molar-refractivity contribution in [2.24, 2.45) is 11.7 Å². The summed E-state index contributed by atoms with van der Waals surface area (Å²) in [5.74, 6) is -0.402. The Kier molecular flexibility index (Phi) is 4.76. The number of carbonyl (C=O) groups is 2. The minimum absolute atomic E-state index is 0.0395. The minimum Gasteiger partial charge on any atom is -0.375 e. The van der Waals surface area contributed by atoms with E-state index >= 15 is 0 Å². The quantitative estimate of drug-likeness (QED) is 0.645. The van der Waals surface area contributed by atoms with Crippen LogP contribution in [0, 0.1) is 5.92 Å². The smallest absolute Gasteiger partial charge is 0.240 e. The van der Waals surface area contributed by atoms with Gasteiger partial charge in [-0.2, -0.15) is 0 Å². The standard InChI is InChI=1S/C13H23N3O3/c1-8-11(15-5-6-19-8)13(18)16-10-4-2-3-9(7-10)12(14)17/h8-11,15H,2-7H2,1H3,(H2,14,17)(H,16,18)/t8-,9?,10?,11+/m1/s1. The first-order valence-electron chi connectivity index (χ1n) is 7.02. The first kappa shape index (κ1) is 14.3. The molecule has 1 heterocycles. The van der Waals surface area contributed by atoms with Crippen molar-refractivity contribution in [1.82, 2.24) is 10.6 Å². The number of nitrogens with one attached hydrogen (secondary N) is 2. The molecule has 1 aliphatic heterocycles. The van der Waals surface area contributed by atoms with Crippen LogP contribution in [0.2, 0.25) is 0 Å². The van der Waals surface area contributed by atoms with Gasteiger partial charge in [-0.15, -0.1) is 0 Å². The zero-order chi connectivity index (χ0) is 13.8. The molecule has 1 saturated carbocycles. The van der Waals surface area contributed by atoms with Crippen LogP contribution in [0.15, 0.2) is 0 Å². The van der Waals surface area contributed by atoms with Crippen LogP contribution < -0.4 is 16.4 Å². The molecule has 0 spiro atoms. The summed E-state index contributed by atoms with van der Waals surface area (Å²) >= 11 is 0. The van der Waals surface area contributed by atoms with E-state index in [1.54, 1.807) is 0 Å². The van der Waals surface area contributed by atoms with E-state index < -0.39 is 0 Å². The van der Waals surface area contributed by atoms with Gasteiger partial charge in [-0.1, -0.05) is 6.42 Å². The fourth-order valence-electron chi connectivity index (χ4n) is 2.90. The number of ether oxygens (including phenoxy) is 1. The van der Waals surface area contributed by atoms with E-state index in [0.717, 1.165) is 19.3 Å². The van der Waals surface area contributed by atoms with Crippen LogP contribution in [0.4, 0.5) is 0 Å². The maximum absolute atomic E-state index is 12.2. The molecule has 6 heteroatoms. The van der Waals surface area contributed by atoms with Crippen molar-refractivity contribution in [3.8, 4) is 0 Å². The molecule has 1 aliphatic carbocycles. The van der Waals surface area contributed by atoms with Crippen molar-refractivity contribution in [3.63, 3.8) is 0 Å². The van der Waals surface area contributed by atoms with Gasteiger partial charge in [-0.25, -0.2) is 0 Å². The van der Waals surface area contributed by atoms with E-state index in [9.17, 15) is 9.59 Å². The molecule has 4 N–H and O–H groups in total. The Morgan fingerprint density at radius 1 is 1.37 bits per heavy atom. The monoisotopic (exact) mass is 269 g/mol. The Labute approximate surface area is 113 Å². The molecular weight excluding hydrogens is 246 g/mol. The van der Waals surface area contributed by atoms with Gasteiger partial charge >= 0.3 is 0 Å². The fourth-order valence-corrected chi connectivity index (χ4v) is 2.90. The van der Waals surface area contributed by atoms with Crippen molar-refractivity contribution < 1.29 is 14.3 Å². The van der Waals surface area contributed by atoms with Gasteiger partial charge in [-0.3, -0.25) is 9.59 Å². The predicted molar refractivity (Wildman–Crippen MR) is 70.3 cm³/mol.